The molecule has 19 heavy (non-hydrogen) atoms. The summed E-state index contributed by atoms with van der Waals surface area (Å²) in [5.74, 6) is 0.0512. The minimum Gasteiger partial charge on any atom is -0.313 e. The molecule has 1 heterocycles. The summed E-state index contributed by atoms with van der Waals surface area (Å²) in [4.78, 5) is 4.32. The lowest BCUT2D eigenvalue weighted by molar-refractivity contribution is 0.572. The summed E-state index contributed by atoms with van der Waals surface area (Å²) >= 11 is 1.32. The third-order valence-corrected chi connectivity index (χ3v) is 4.57. The average molecular weight is 305 g/mol. The summed E-state index contributed by atoms with van der Waals surface area (Å²) < 4.78 is 26.2. The van der Waals surface area contributed by atoms with Gasteiger partial charge in [0.2, 0.25) is 10.0 Å². The van der Waals surface area contributed by atoms with Gasteiger partial charge < -0.3 is 5.32 Å². The second-order valence-corrected chi connectivity index (χ2v) is 8.52. The van der Waals surface area contributed by atoms with E-state index in [4.69, 9.17) is 0 Å². The summed E-state index contributed by atoms with van der Waals surface area (Å²) in [5.41, 5.74) is 0.829. The van der Waals surface area contributed by atoms with Crippen molar-refractivity contribution in [2.24, 2.45) is 0 Å². The van der Waals surface area contributed by atoms with E-state index in [9.17, 15) is 8.42 Å². The molecule has 2 N–H and O–H groups in total. The maximum absolute atomic E-state index is 11.9. The highest BCUT2D eigenvalue weighted by Crippen LogP contribution is 2.26. The van der Waals surface area contributed by atoms with E-state index in [1.165, 1.54) is 11.3 Å². The van der Waals surface area contributed by atoms with Gasteiger partial charge in [-0.2, -0.15) is 0 Å². The van der Waals surface area contributed by atoms with Gasteiger partial charge in [0.05, 0.1) is 11.4 Å². The molecule has 0 radical (unpaired) electrons. The van der Waals surface area contributed by atoms with Gasteiger partial charge in [-0.05, 0) is 0 Å². The SMILES string of the molecule is CC(C)NCCS(=O)(=O)Nc1nc(C(C)(C)C)cs1. The van der Waals surface area contributed by atoms with Gasteiger partial charge in [0.1, 0.15) is 0 Å². The van der Waals surface area contributed by atoms with E-state index in [-0.39, 0.29) is 17.2 Å². The van der Waals surface area contributed by atoms with E-state index in [1.807, 2.05) is 40.0 Å². The van der Waals surface area contributed by atoms with Crippen molar-refractivity contribution in [2.75, 3.05) is 17.0 Å². The van der Waals surface area contributed by atoms with E-state index in [2.05, 4.69) is 15.0 Å². The average Bonchev–Trinajstić information content (AvgIpc) is 2.63. The number of rotatable bonds is 6. The van der Waals surface area contributed by atoms with E-state index in [0.29, 0.717) is 11.7 Å². The Hall–Kier alpha value is -0.660. The molecule has 1 aromatic heterocycles. The van der Waals surface area contributed by atoms with Gasteiger partial charge in [0.15, 0.2) is 5.13 Å². The Morgan fingerprint density at radius 1 is 1.37 bits per heavy atom. The Labute approximate surface area is 119 Å². The topological polar surface area (TPSA) is 71.1 Å². The van der Waals surface area contributed by atoms with Crippen LogP contribution in [0, 0.1) is 0 Å². The number of sulfonamides is 1. The molecular formula is C12H23N3O2S2. The smallest absolute Gasteiger partial charge is 0.235 e. The molecule has 0 amide bonds. The normalized spacial score (nSPS) is 12.9. The lowest BCUT2D eigenvalue weighted by atomic mass is 9.93. The second-order valence-electron chi connectivity index (χ2n) is 5.82. The maximum atomic E-state index is 11.9. The minimum atomic E-state index is -3.33. The number of nitrogens with zero attached hydrogens (tertiary/aromatic N) is 1. The van der Waals surface area contributed by atoms with Crippen molar-refractivity contribution in [3.8, 4) is 0 Å². The first-order valence-electron chi connectivity index (χ1n) is 6.30. The first-order chi connectivity index (χ1) is 8.60. The van der Waals surface area contributed by atoms with Gasteiger partial charge in [-0.25, -0.2) is 13.4 Å². The zero-order valence-electron chi connectivity index (χ0n) is 12.1. The van der Waals surface area contributed by atoms with Gasteiger partial charge in [-0.15, -0.1) is 11.3 Å². The fourth-order valence-electron chi connectivity index (χ4n) is 1.33. The lowest BCUT2D eigenvalue weighted by Gasteiger charge is -2.14. The van der Waals surface area contributed by atoms with Crippen LogP contribution < -0.4 is 10.0 Å². The molecule has 0 aliphatic rings. The molecule has 0 fully saturated rings. The quantitative estimate of drug-likeness (QED) is 0.845. The summed E-state index contributed by atoms with van der Waals surface area (Å²) in [6.07, 6.45) is 0. The molecule has 0 aliphatic carbocycles. The highest BCUT2D eigenvalue weighted by atomic mass is 32.2. The molecule has 1 aromatic rings. The largest absolute Gasteiger partial charge is 0.313 e. The van der Waals surface area contributed by atoms with E-state index in [1.54, 1.807) is 0 Å². The molecule has 0 spiro atoms. The van der Waals surface area contributed by atoms with Crippen LogP contribution in [-0.4, -0.2) is 31.7 Å². The van der Waals surface area contributed by atoms with Gasteiger partial charge in [0.25, 0.3) is 0 Å². The molecule has 7 heteroatoms. The number of hydrogen-bond acceptors (Lipinski definition) is 5. The summed E-state index contributed by atoms with van der Waals surface area (Å²) in [5, 5.41) is 5.41. The van der Waals surface area contributed by atoms with E-state index in [0.717, 1.165) is 5.69 Å². The van der Waals surface area contributed by atoms with Gasteiger partial charge in [-0.3, -0.25) is 4.72 Å². The van der Waals surface area contributed by atoms with Gasteiger partial charge in [-0.1, -0.05) is 34.6 Å². The number of hydrogen-bond donors (Lipinski definition) is 2. The van der Waals surface area contributed by atoms with Crippen molar-refractivity contribution < 1.29 is 8.42 Å². The van der Waals surface area contributed by atoms with Crippen molar-refractivity contribution in [2.45, 2.75) is 46.1 Å². The Morgan fingerprint density at radius 2 is 2.00 bits per heavy atom. The standard InChI is InChI=1S/C12H23N3O2S2/c1-9(2)13-6-7-19(16,17)15-11-14-10(8-18-11)12(3,4)5/h8-9,13H,6-7H2,1-5H3,(H,14,15). The molecule has 0 atom stereocenters. The van der Waals surface area contributed by atoms with Crippen LogP contribution in [0.1, 0.15) is 40.3 Å². The second kappa shape index (κ2) is 6.19. The van der Waals surface area contributed by atoms with Gasteiger partial charge in [0, 0.05) is 23.4 Å². The van der Waals surface area contributed by atoms with Crippen molar-refractivity contribution in [3.05, 3.63) is 11.1 Å². The lowest BCUT2D eigenvalue weighted by Crippen LogP contribution is -2.30. The van der Waals surface area contributed by atoms with Crippen molar-refractivity contribution in [3.63, 3.8) is 0 Å². The van der Waals surface area contributed by atoms with Crippen LogP contribution in [0.15, 0.2) is 5.38 Å². The Morgan fingerprint density at radius 3 is 2.47 bits per heavy atom. The Kier molecular flexibility index (Phi) is 5.34. The number of aromatic nitrogens is 1. The Bertz CT molecular complexity index is 501. The van der Waals surface area contributed by atoms with Crippen LogP contribution >= 0.6 is 11.3 Å². The van der Waals surface area contributed by atoms with Crippen LogP contribution in [0.4, 0.5) is 5.13 Å². The molecule has 110 valence electrons. The molecular weight excluding hydrogens is 282 g/mol. The minimum absolute atomic E-state index is 0.0512. The summed E-state index contributed by atoms with van der Waals surface area (Å²) in [6.45, 7) is 10.5. The molecule has 0 aliphatic heterocycles. The molecule has 0 saturated carbocycles. The maximum Gasteiger partial charge on any atom is 0.235 e. The monoisotopic (exact) mass is 305 g/mol. The van der Waals surface area contributed by atoms with Crippen molar-refractivity contribution in [1.29, 1.82) is 0 Å². The molecule has 0 aromatic carbocycles. The Balaban J connectivity index is 2.61. The molecule has 0 saturated heterocycles. The van der Waals surface area contributed by atoms with E-state index >= 15 is 0 Å². The molecule has 1 rings (SSSR count). The third kappa shape index (κ3) is 5.88. The zero-order chi connectivity index (χ0) is 14.7. The number of nitrogens with one attached hydrogen (secondary N) is 2. The fourth-order valence-corrected chi connectivity index (χ4v) is 3.49. The van der Waals surface area contributed by atoms with Crippen molar-refractivity contribution >= 4 is 26.5 Å². The number of anilines is 1. The van der Waals surface area contributed by atoms with E-state index < -0.39 is 10.0 Å². The van der Waals surface area contributed by atoms with Crippen LogP contribution in [-0.2, 0) is 15.4 Å². The first-order valence-corrected chi connectivity index (χ1v) is 8.83. The molecule has 0 bridgehead atoms. The summed E-state index contributed by atoms with van der Waals surface area (Å²) in [6, 6.07) is 0.280. The fraction of sp³-hybridized carbons (Fsp3) is 0.750. The zero-order valence-corrected chi connectivity index (χ0v) is 13.8. The van der Waals surface area contributed by atoms with Crippen molar-refractivity contribution in [1.82, 2.24) is 10.3 Å². The molecule has 0 unspecified atom stereocenters. The van der Waals surface area contributed by atoms with Crippen LogP contribution in [0.2, 0.25) is 0 Å². The van der Waals surface area contributed by atoms with Crippen LogP contribution in [0.3, 0.4) is 0 Å². The highest BCUT2D eigenvalue weighted by molar-refractivity contribution is 7.92. The molecule has 5 nitrogen and oxygen atoms in total. The van der Waals surface area contributed by atoms with Crippen LogP contribution in [0.5, 0.6) is 0 Å². The first kappa shape index (κ1) is 16.4. The van der Waals surface area contributed by atoms with Crippen LogP contribution in [0.25, 0.3) is 0 Å². The predicted molar refractivity (Wildman–Crippen MR) is 81.4 cm³/mol. The summed E-state index contributed by atoms with van der Waals surface area (Å²) in [7, 11) is -3.33. The van der Waals surface area contributed by atoms with Gasteiger partial charge >= 0.3 is 0 Å². The highest BCUT2D eigenvalue weighted by Gasteiger charge is 2.19. The number of thiazole rings is 1. The predicted octanol–water partition coefficient (Wildman–Crippen LogP) is 2.18. The third-order valence-electron chi connectivity index (χ3n) is 2.44.